The van der Waals surface area contributed by atoms with Gasteiger partial charge in [-0.2, -0.15) is 0 Å². The van der Waals surface area contributed by atoms with Crippen molar-refractivity contribution in [1.82, 2.24) is 0 Å². The largest absolute Gasteiger partial charge is 0.465 e. The monoisotopic (exact) mass is 249 g/mol. The molecule has 0 saturated carbocycles. The first-order valence-corrected chi connectivity index (χ1v) is 5.19. The summed E-state index contributed by atoms with van der Waals surface area (Å²) in [5.41, 5.74) is 1.32. The van der Waals surface area contributed by atoms with Crippen molar-refractivity contribution < 1.29 is 23.9 Å². The molecule has 0 N–H and O–H groups in total. The molecule has 18 heavy (non-hydrogen) atoms. The summed E-state index contributed by atoms with van der Waals surface area (Å²) in [5, 5.41) is 3.66. The zero-order valence-corrected chi connectivity index (χ0v) is 9.93. The van der Waals surface area contributed by atoms with Gasteiger partial charge in [-0.05, 0) is 12.1 Å². The van der Waals surface area contributed by atoms with Gasteiger partial charge in [0.1, 0.15) is 0 Å². The van der Waals surface area contributed by atoms with Gasteiger partial charge in [0.15, 0.2) is 11.5 Å². The van der Waals surface area contributed by atoms with Crippen LogP contribution in [0.25, 0.3) is 0 Å². The fourth-order valence-corrected chi connectivity index (χ4v) is 1.57. The van der Waals surface area contributed by atoms with Crippen LogP contribution in [0.4, 0.5) is 0 Å². The lowest BCUT2D eigenvalue weighted by Gasteiger charge is -2.14. The van der Waals surface area contributed by atoms with Crippen molar-refractivity contribution in [2.45, 2.75) is 6.42 Å². The van der Waals surface area contributed by atoms with Gasteiger partial charge in [0.2, 0.25) is 0 Å². The number of methoxy groups -OCH3 is 2. The summed E-state index contributed by atoms with van der Waals surface area (Å²) in [6.45, 7) is 0. The van der Waals surface area contributed by atoms with Crippen molar-refractivity contribution in [2.75, 3.05) is 14.2 Å². The number of rotatable bonds is 2. The number of hydrogen-bond donors (Lipinski definition) is 0. The summed E-state index contributed by atoms with van der Waals surface area (Å²) >= 11 is 0. The van der Waals surface area contributed by atoms with Crippen LogP contribution in [0.15, 0.2) is 23.4 Å². The molecule has 1 aromatic carbocycles. The number of hydrogen-bond acceptors (Lipinski definition) is 6. The molecule has 1 aliphatic rings. The lowest BCUT2D eigenvalue weighted by Crippen LogP contribution is -2.22. The van der Waals surface area contributed by atoms with Crippen LogP contribution in [0.1, 0.15) is 15.9 Å². The van der Waals surface area contributed by atoms with Crippen LogP contribution in [0.2, 0.25) is 0 Å². The van der Waals surface area contributed by atoms with Gasteiger partial charge in [-0.1, -0.05) is 11.2 Å². The molecule has 0 aromatic heterocycles. The lowest BCUT2D eigenvalue weighted by molar-refractivity contribution is -0.133. The van der Waals surface area contributed by atoms with Crippen molar-refractivity contribution in [3.63, 3.8) is 0 Å². The summed E-state index contributed by atoms with van der Waals surface area (Å²) in [5.74, 6) is -0.549. The van der Waals surface area contributed by atoms with Crippen LogP contribution in [0.5, 0.6) is 5.75 Å². The SMILES string of the molecule is COC(=O)C1=NOc2cc(C(=O)OC)ccc2C1. The highest BCUT2D eigenvalue weighted by molar-refractivity contribution is 6.37. The Kier molecular flexibility index (Phi) is 3.27. The fraction of sp³-hybridized carbons (Fsp3) is 0.250. The van der Waals surface area contributed by atoms with Crippen molar-refractivity contribution in [2.24, 2.45) is 5.16 Å². The van der Waals surface area contributed by atoms with Crippen LogP contribution in [-0.4, -0.2) is 31.9 Å². The normalized spacial score (nSPS) is 12.9. The number of carbonyl (C=O) groups excluding carboxylic acids is 2. The average Bonchev–Trinajstić information content (AvgIpc) is 2.44. The zero-order chi connectivity index (χ0) is 13.1. The minimum absolute atomic E-state index is 0.191. The maximum absolute atomic E-state index is 11.3. The summed E-state index contributed by atoms with van der Waals surface area (Å²) in [6, 6.07) is 4.83. The number of carbonyl (C=O) groups is 2. The Labute approximate surface area is 103 Å². The molecule has 0 bridgehead atoms. The van der Waals surface area contributed by atoms with Crippen molar-refractivity contribution in [3.05, 3.63) is 29.3 Å². The van der Waals surface area contributed by atoms with Gasteiger partial charge in [-0.15, -0.1) is 0 Å². The second kappa shape index (κ2) is 4.87. The second-order valence-electron chi connectivity index (χ2n) is 3.61. The molecule has 6 heteroatoms. The van der Waals surface area contributed by atoms with Crippen LogP contribution in [0, 0.1) is 0 Å². The highest BCUT2D eigenvalue weighted by atomic mass is 16.6. The lowest BCUT2D eigenvalue weighted by atomic mass is 10.0. The first-order valence-electron chi connectivity index (χ1n) is 5.19. The van der Waals surface area contributed by atoms with Gasteiger partial charge in [0.25, 0.3) is 0 Å². The Balaban J connectivity index is 2.25. The topological polar surface area (TPSA) is 74.2 Å². The number of oxime groups is 1. The molecular weight excluding hydrogens is 238 g/mol. The quantitative estimate of drug-likeness (QED) is 0.729. The number of nitrogens with zero attached hydrogens (tertiary/aromatic N) is 1. The van der Waals surface area contributed by atoms with Gasteiger partial charge >= 0.3 is 11.9 Å². The molecule has 1 heterocycles. The standard InChI is InChI=1S/C12H11NO5/c1-16-11(14)8-4-3-7-5-9(12(15)17-2)13-18-10(7)6-8/h3-4,6H,5H2,1-2H3. The van der Waals surface area contributed by atoms with Gasteiger partial charge in [-0.3, -0.25) is 0 Å². The number of esters is 2. The molecule has 1 aromatic rings. The summed E-state index contributed by atoms with van der Waals surface area (Å²) in [7, 11) is 2.58. The third kappa shape index (κ3) is 2.17. The summed E-state index contributed by atoms with van der Waals surface area (Å²) in [4.78, 5) is 27.7. The Morgan fingerprint density at radius 2 is 1.94 bits per heavy atom. The third-order valence-electron chi connectivity index (χ3n) is 2.52. The highest BCUT2D eigenvalue weighted by Crippen LogP contribution is 2.25. The van der Waals surface area contributed by atoms with Crippen LogP contribution >= 0.6 is 0 Å². The molecule has 0 atom stereocenters. The molecule has 6 nitrogen and oxygen atoms in total. The first kappa shape index (κ1) is 12.1. The van der Waals surface area contributed by atoms with Gasteiger partial charge in [-0.25, -0.2) is 9.59 Å². The summed E-state index contributed by atoms with van der Waals surface area (Å²) < 4.78 is 9.16. The first-order chi connectivity index (χ1) is 8.65. The van der Waals surface area contributed by atoms with Crippen LogP contribution in [0.3, 0.4) is 0 Å². The Morgan fingerprint density at radius 3 is 2.61 bits per heavy atom. The van der Waals surface area contributed by atoms with E-state index in [2.05, 4.69) is 14.6 Å². The van der Waals surface area contributed by atoms with Gasteiger partial charge < -0.3 is 14.3 Å². The molecule has 0 unspecified atom stereocenters. The number of benzene rings is 1. The minimum atomic E-state index is -0.530. The highest BCUT2D eigenvalue weighted by Gasteiger charge is 2.22. The van der Waals surface area contributed by atoms with E-state index in [0.29, 0.717) is 17.7 Å². The van der Waals surface area contributed by atoms with Crippen molar-refractivity contribution in [3.8, 4) is 5.75 Å². The number of fused-ring (bicyclic) bond motifs is 1. The Bertz CT molecular complexity index is 535. The summed E-state index contributed by atoms with van der Waals surface area (Å²) in [6.07, 6.45) is 0.309. The molecule has 0 radical (unpaired) electrons. The molecule has 1 aliphatic heterocycles. The molecule has 2 rings (SSSR count). The fourth-order valence-electron chi connectivity index (χ4n) is 1.57. The zero-order valence-electron chi connectivity index (χ0n) is 9.93. The van der Waals surface area contributed by atoms with E-state index in [-0.39, 0.29) is 5.71 Å². The van der Waals surface area contributed by atoms with Crippen molar-refractivity contribution in [1.29, 1.82) is 0 Å². The predicted octanol–water partition coefficient (Wildman–Crippen LogP) is 0.937. The van der Waals surface area contributed by atoms with Crippen molar-refractivity contribution >= 4 is 17.7 Å². The van der Waals surface area contributed by atoms with E-state index >= 15 is 0 Å². The van der Waals surface area contributed by atoms with Gasteiger partial charge in [0, 0.05) is 12.0 Å². The third-order valence-corrected chi connectivity index (χ3v) is 2.52. The van der Waals surface area contributed by atoms with Crippen LogP contribution < -0.4 is 4.84 Å². The molecule has 94 valence electrons. The van der Waals surface area contributed by atoms with E-state index < -0.39 is 11.9 Å². The molecule has 0 fully saturated rings. The van der Waals surface area contributed by atoms with E-state index in [0.717, 1.165) is 5.56 Å². The average molecular weight is 249 g/mol. The molecule has 0 saturated heterocycles. The second-order valence-corrected chi connectivity index (χ2v) is 3.61. The van der Waals surface area contributed by atoms with E-state index in [4.69, 9.17) is 4.84 Å². The van der Waals surface area contributed by atoms with Gasteiger partial charge in [0.05, 0.1) is 19.8 Å². The van der Waals surface area contributed by atoms with E-state index in [1.807, 2.05) is 0 Å². The maximum Gasteiger partial charge on any atom is 0.356 e. The number of ether oxygens (including phenoxy) is 2. The maximum atomic E-state index is 11.3. The Morgan fingerprint density at radius 1 is 1.22 bits per heavy atom. The minimum Gasteiger partial charge on any atom is -0.465 e. The van der Waals surface area contributed by atoms with Crippen LogP contribution in [-0.2, 0) is 20.7 Å². The molecule has 0 aliphatic carbocycles. The molecule has 0 spiro atoms. The van der Waals surface area contributed by atoms with E-state index in [9.17, 15) is 9.59 Å². The molecular formula is C12H11NO5. The smallest absolute Gasteiger partial charge is 0.356 e. The predicted molar refractivity (Wildman–Crippen MR) is 61.6 cm³/mol. The van der Waals surface area contributed by atoms with E-state index in [1.165, 1.54) is 20.3 Å². The Hall–Kier alpha value is -2.37. The van der Waals surface area contributed by atoms with E-state index in [1.54, 1.807) is 12.1 Å². The molecule has 0 amide bonds.